The van der Waals surface area contributed by atoms with Gasteiger partial charge < -0.3 is 18.9 Å². The van der Waals surface area contributed by atoms with E-state index in [0.717, 1.165) is 101 Å². The first-order valence-electron chi connectivity index (χ1n) is 27.0. The van der Waals surface area contributed by atoms with Crippen LogP contribution in [-0.4, -0.2) is 98.4 Å². The van der Waals surface area contributed by atoms with Crippen LogP contribution in [0.1, 0.15) is 44.5 Å². The van der Waals surface area contributed by atoms with E-state index in [2.05, 4.69) is 238 Å². The predicted molar refractivity (Wildman–Crippen MR) is 309 cm³/mol. The minimum atomic E-state index is 0.115. The molecule has 1 heterocycles. The lowest BCUT2D eigenvalue weighted by Crippen LogP contribution is -2.58. The molecule has 0 amide bonds. The van der Waals surface area contributed by atoms with E-state index in [0.29, 0.717) is 0 Å². The molecule has 0 aromatic heterocycles. The number of nitrogens with zero attached hydrogens (tertiary/aromatic N) is 4. The highest BCUT2D eigenvalue weighted by Crippen LogP contribution is 2.29. The van der Waals surface area contributed by atoms with Crippen LogP contribution < -0.4 is 18.9 Å². The van der Waals surface area contributed by atoms with Crippen molar-refractivity contribution in [2.45, 2.75) is 76.0 Å². The zero-order chi connectivity index (χ0) is 52.3. The maximum Gasteiger partial charge on any atom is 0.118 e. The van der Waals surface area contributed by atoms with Crippen LogP contribution in [0.5, 0.6) is 23.0 Å². The standard InChI is InChI=1S/C68H76N4O4/c1-73-65-33-25-53(26-34-65)41-61-49-70(46-58-19-11-6-12-20-58)63(43-55-29-37-67(75-3)38-30-55)51-72(48-60-23-15-8-16-24-60)64(44-56-31-39-68(76-4)40-32-56)52-71(47-59-21-13-7-14-22-59)62(42-54-27-35-66(74-2)36-28-54)50-69(61)45-57-17-9-5-10-18-57/h5-40,61-64H,41-52H2,1-4H3/t61-,62-,63-,64-/m0/s1. The summed E-state index contributed by atoms with van der Waals surface area (Å²) in [5.41, 5.74) is 10.4. The van der Waals surface area contributed by atoms with Crippen LogP contribution in [0.25, 0.3) is 0 Å². The number of methoxy groups -OCH3 is 4. The van der Waals surface area contributed by atoms with Gasteiger partial charge in [0.25, 0.3) is 0 Å². The van der Waals surface area contributed by atoms with Gasteiger partial charge in [0.1, 0.15) is 23.0 Å². The fourth-order valence-corrected chi connectivity index (χ4v) is 11.1. The van der Waals surface area contributed by atoms with E-state index in [1.807, 2.05) is 0 Å². The van der Waals surface area contributed by atoms with Gasteiger partial charge in [-0.05, 0) is 119 Å². The molecular formula is C68H76N4O4. The number of benzene rings is 8. The van der Waals surface area contributed by atoms with Crippen LogP contribution in [-0.2, 0) is 51.9 Å². The van der Waals surface area contributed by atoms with Crippen molar-refractivity contribution in [3.05, 3.63) is 263 Å². The molecule has 0 N–H and O–H groups in total. The largest absolute Gasteiger partial charge is 0.497 e. The quantitative estimate of drug-likeness (QED) is 0.0749. The van der Waals surface area contributed by atoms with Gasteiger partial charge in [0.2, 0.25) is 0 Å². The van der Waals surface area contributed by atoms with Gasteiger partial charge in [-0.25, -0.2) is 0 Å². The smallest absolute Gasteiger partial charge is 0.118 e. The van der Waals surface area contributed by atoms with Crippen LogP contribution in [0.15, 0.2) is 218 Å². The molecule has 8 aromatic carbocycles. The van der Waals surface area contributed by atoms with Crippen molar-refractivity contribution in [3.63, 3.8) is 0 Å². The Morgan fingerprint density at radius 2 is 0.434 bits per heavy atom. The average molecular weight is 1010 g/mol. The highest BCUT2D eigenvalue weighted by atomic mass is 16.5. The average Bonchev–Trinajstić information content (AvgIpc) is 3.48. The number of rotatable bonds is 20. The van der Waals surface area contributed by atoms with Crippen LogP contribution >= 0.6 is 0 Å². The van der Waals surface area contributed by atoms with Crippen LogP contribution in [0.4, 0.5) is 0 Å². The maximum atomic E-state index is 5.73. The van der Waals surface area contributed by atoms with Crippen molar-refractivity contribution in [2.24, 2.45) is 0 Å². The zero-order valence-corrected chi connectivity index (χ0v) is 45.0. The van der Waals surface area contributed by atoms with E-state index in [9.17, 15) is 0 Å². The van der Waals surface area contributed by atoms with Gasteiger partial charge in [-0.15, -0.1) is 0 Å². The SMILES string of the molecule is COc1ccc(C[C@H]2CN(Cc3ccccc3)[C@@H](Cc3ccc(OC)cc3)CN(Cc3ccccc3)[C@@H](Cc3ccc(OC)cc3)CN(Cc3ccccc3)[C@@H](Cc3ccc(OC)cc3)CN2Cc2ccccc2)cc1. The summed E-state index contributed by atoms with van der Waals surface area (Å²) in [6.45, 7) is 6.57. The summed E-state index contributed by atoms with van der Waals surface area (Å²) in [4.78, 5) is 11.4. The fraction of sp³-hybridized carbons (Fsp3) is 0.294. The van der Waals surface area contributed by atoms with Crippen molar-refractivity contribution < 1.29 is 18.9 Å². The minimum absolute atomic E-state index is 0.115. The van der Waals surface area contributed by atoms with Crippen molar-refractivity contribution >= 4 is 0 Å². The van der Waals surface area contributed by atoms with Gasteiger partial charge in [-0.1, -0.05) is 170 Å². The minimum Gasteiger partial charge on any atom is -0.497 e. The molecule has 0 saturated carbocycles. The lowest BCUT2D eigenvalue weighted by molar-refractivity contribution is 0.0181. The Morgan fingerprint density at radius 3 is 0.605 bits per heavy atom. The molecule has 0 unspecified atom stereocenters. The molecule has 1 saturated heterocycles. The fourth-order valence-electron chi connectivity index (χ4n) is 11.1. The molecule has 0 radical (unpaired) electrons. The summed E-state index contributed by atoms with van der Waals surface area (Å²) in [5.74, 6) is 3.47. The van der Waals surface area contributed by atoms with Crippen molar-refractivity contribution in [1.82, 2.24) is 19.6 Å². The number of hydrogen-bond donors (Lipinski definition) is 0. The molecule has 8 aromatic rings. The van der Waals surface area contributed by atoms with Crippen LogP contribution in [0.3, 0.4) is 0 Å². The lowest BCUT2D eigenvalue weighted by Gasteiger charge is -2.47. The Bertz CT molecular complexity index is 2490. The van der Waals surface area contributed by atoms with Crippen LogP contribution in [0, 0.1) is 0 Å². The summed E-state index contributed by atoms with van der Waals surface area (Å²) in [6.07, 6.45) is 3.44. The van der Waals surface area contributed by atoms with Crippen molar-refractivity contribution in [1.29, 1.82) is 0 Å². The highest BCUT2D eigenvalue weighted by molar-refractivity contribution is 5.32. The summed E-state index contributed by atoms with van der Waals surface area (Å²) < 4.78 is 22.9. The van der Waals surface area contributed by atoms with Gasteiger partial charge in [0.15, 0.2) is 0 Å². The Morgan fingerprint density at radius 1 is 0.250 bits per heavy atom. The van der Waals surface area contributed by atoms with Gasteiger partial charge >= 0.3 is 0 Å². The first-order chi connectivity index (χ1) is 37.4. The Kier molecular flexibility index (Phi) is 19.4. The van der Waals surface area contributed by atoms with Gasteiger partial charge in [0.05, 0.1) is 28.4 Å². The second-order valence-electron chi connectivity index (χ2n) is 20.5. The van der Waals surface area contributed by atoms with Gasteiger partial charge in [0, 0.05) is 76.5 Å². The molecule has 76 heavy (non-hydrogen) atoms. The molecule has 1 aliphatic heterocycles. The third-order valence-corrected chi connectivity index (χ3v) is 15.3. The molecule has 0 aliphatic carbocycles. The molecule has 1 aliphatic rings. The molecule has 8 heteroatoms. The second-order valence-corrected chi connectivity index (χ2v) is 20.5. The normalized spacial score (nSPS) is 18.3. The molecular weight excluding hydrogens is 937 g/mol. The molecule has 9 rings (SSSR count). The van der Waals surface area contributed by atoms with Crippen LogP contribution in [0.2, 0.25) is 0 Å². The number of ether oxygens (including phenoxy) is 4. The topological polar surface area (TPSA) is 49.9 Å². The van der Waals surface area contributed by atoms with E-state index < -0.39 is 0 Å². The van der Waals surface area contributed by atoms with Gasteiger partial charge in [-0.2, -0.15) is 0 Å². The molecule has 4 atom stereocenters. The Labute approximate surface area is 453 Å². The lowest BCUT2D eigenvalue weighted by atomic mass is 9.94. The zero-order valence-electron chi connectivity index (χ0n) is 45.0. The number of hydrogen-bond acceptors (Lipinski definition) is 8. The molecule has 392 valence electrons. The van der Waals surface area contributed by atoms with E-state index >= 15 is 0 Å². The molecule has 1 fully saturated rings. The summed E-state index contributed by atoms with van der Waals surface area (Å²) in [5, 5.41) is 0. The van der Waals surface area contributed by atoms with E-state index in [4.69, 9.17) is 18.9 Å². The van der Waals surface area contributed by atoms with Crippen molar-refractivity contribution in [2.75, 3.05) is 54.6 Å². The second kappa shape index (κ2) is 27.5. The summed E-state index contributed by atoms with van der Waals surface area (Å²) >= 11 is 0. The first-order valence-corrected chi connectivity index (χ1v) is 27.0. The highest BCUT2D eigenvalue weighted by Gasteiger charge is 2.36. The van der Waals surface area contributed by atoms with Crippen molar-refractivity contribution in [3.8, 4) is 23.0 Å². The van der Waals surface area contributed by atoms with E-state index in [-0.39, 0.29) is 24.2 Å². The Balaban J connectivity index is 1.27. The summed E-state index contributed by atoms with van der Waals surface area (Å²) in [6, 6.07) is 80.2. The first kappa shape index (κ1) is 53.6. The summed E-state index contributed by atoms with van der Waals surface area (Å²) in [7, 11) is 7.00. The molecule has 0 spiro atoms. The third-order valence-electron chi connectivity index (χ3n) is 15.3. The van der Waals surface area contributed by atoms with E-state index in [1.165, 1.54) is 44.5 Å². The van der Waals surface area contributed by atoms with Gasteiger partial charge in [-0.3, -0.25) is 19.6 Å². The molecule has 0 bridgehead atoms. The molecule has 8 nitrogen and oxygen atoms in total. The monoisotopic (exact) mass is 1010 g/mol. The maximum absolute atomic E-state index is 5.73. The Hall–Kier alpha value is -7.20. The predicted octanol–water partition coefficient (Wildman–Crippen LogP) is 12.5. The third kappa shape index (κ3) is 15.5. The van der Waals surface area contributed by atoms with E-state index in [1.54, 1.807) is 28.4 Å².